The van der Waals surface area contributed by atoms with Gasteiger partial charge in [-0.2, -0.15) is 0 Å². The van der Waals surface area contributed by atoms with E-state index in [4.69, 9.17) is 0 Å². The maximum Gasteiger partial charge on any atom is 0.166 e. The summed E-state index contributed by atoms with van der Waals surface area (Å²) in [7, 11) is -2.98. The number of ketones is 1. The molecule has 0 aliphatic heterocycles. The van der Waals surface area contributed by atoms with E-state index in [0.717, 1.165) is 24.0 Å². The second-order valence-corrected chi connectivity index (χ2v) is 6.94. The van der Waals surface area contributed by atoms with Gasteiger partial charge in [0.15, 0.2) is 5.78 Å². The molecule has 1 aromatic rings. The van der Waals surface area contributed by atoms with E-state index in [1.54, 1.807) is 0 Å². The molecule has 0 spiro atoms. The molecule has 0 aromatic heterocycles. The summed E-state index contributed by atoms with van der Waals surface area (Å²) < 4.78 is 22.2. The van der Waals surface area contributed by atoms with Gasteiger partial charge in [0.2, 0.25) is 0 Å². The topological polar surface area (TPSA) is 51.2 Å². The second kappa shape index (κ2) is 4.61. The van der Waals surface area contributed by atoms with Crippen molar-refractivity contribution in [2.75, 3.05) is 12.0 Å². The summed E-state index contributed by atoms with van der Waals surface area (Å²) in [5.41, 5.74) is 1.87. The third kappa shape index (κ3) is 2.94. The summed E-state index contributed by atoms with van der Waals surface area (Å²) in [5, 5.41) is 0. The van der Waals surface area contributed by atoms with E-state index in [1.165, 1.54) is 6.26 Å². The van der Waals surface area contributed by atoms with Crippen LogP contribution in [-0.2, 0) is 16.3 Å². The first-order valence-corrected chi connectivity index (χ1v) is 7.83. The van der Waals surface area contributed by atoms with Gasteiger partial charge in [-0.3, -0.25) is 4.79 Å². The largest absolute Gasteiger partial charge is 0.294 e. The van der Waals surface area contributed by atoms with E-state index in [0.29, 0.717) is 6.42 Å². The van der Waals surface area contributed by atoms with E-state index < -0.39 is 9.84 Å². The molecule has 4 heteroatoms. The number of hydrogen-bond donors (Lipinski definition) is 0. The van der Waals surface area contributed by atoms with Crippen molar-refractivity contribution in [1.29, 1.82) is 0 Å². The molecule has 2 rings (SSSR count). The van der Waals surface area contributed by atoms with Crippen LogP contribution in [-0.4, -0.2) is 26.2 Å². The van der Waals surface area contributed by atoms with E-state index in [1.807, 2.05) is 24.3 Å². The Labute approximate surface area is 102 Å². The van der Waals surface area contributed by atoms with E-state index in [9.17, 15) is 13.2 Å². The number of carbonyl (C=O) groups is 1. The quantitative estimate of drug-likeness (QED) is 0.825. The third-order valence-corrected chi connectivity index (χ3v) is 4.23. The molecule has 0 bridgehead atoms. The Morgan fingerprint density at radius 3 is 2.71 bits per heavy atom. The van der Waals surface area contributed by atoms with Crippen molar-refractivity contribution in [1.82, 2.24) is 0 Å². The third-order valence-electron chi connectivity index (χ3n) is 3.25. The Morgan fingerprint density at radius 1 is 1.29 bits per heavy atom. The first kappa shape index (κ1) is 12.3. The number of sulfone groups is 1. The molecule has 0 heterocycles. The molecule has 0 saturated carbocycles. The Kier molecular flexibility index (Phi) is 3.33. The van der Waals surface area contributed by atoms with E-state index in [2.05, 4.69) is 0 Å². The number of aryl methyl sites for hydroxylation is 1. The highest BCUT2D eigenvalue weighted by molar-refractivity contribution is 7.90. The molecule has 0 saturated heterocycles. The van der Waals surface area contributed by atoms with Gasteiger partial charge in [-0.25, -0.2) is 8.42 Å². The standard InChI is InChI=1S/C13H16O3S/c1-17(15,16)9-8-11-7-6-10-4-2-3-5-12(10)13(11)14/h2-5,11H,6-9H2,1H3. The molecule has 17 heavy (non-hydrogen) atoms. The fourth-order valence-electron chi connectivity index (χ4n) is 2.29. The van der Waals surface area contributed by atoms with Gasteiger partial charge in [0.1, 0.15) is 9.84 Å². The van der Waals surface area contributed by atoms with Crippen LogP contribution in [0.3, 0.4) is 0 Å². The Bertz CT molecular complexity index is 531. The van der Waals surface area contributed by atoms with Crippen LogP contribution in [0.15, 0.2) is 24.3 Å². The van der Waals surface area contributed by atoms with Gasteiger partial charge in [-0.1, -0.05) is 24.3 Å². The van der Waals surface area contributed by atoms with Gasteiger partial charge >= 0.3 is 0 Å². The molecule has 0 N–H and O–H groups in total. The summed E-state index contributed by atoms with van der Waals surface area (Å²) >= 11 is 0. The van der Waals surface area contributed by atoms with Gasteiger partial charge in [0.05, 0.1) is 5.75 Å². The van der Waals surface area contributed by atoms with Gasteiger partial charge in [-0.15, -0.1) is 0 Å². The highest BCUT2D eigenvalue weighted by Crippen LogP contribution is 2.27. The molecule has 0 radical (unpaired) electrons. The number of Topliss-reactive ketones (excluding diaryl/α,β-unsaturated/α-hetero) is 1. The molecule has 1 atom stereocenters. The highest BCUT2D eigenvalue weighted by Gasteiger charge is 2.27. The smallest absolute Gasteiger partial charge is 0.166 e. The zero-order chi connectivity index (χ0) is 12.5. The maximum absolute atomic E-state index is 12.1. The van der Waals surface area contributed by atoms with Crippen molar-refractivity contribution in [3.63, 3.8) is 0 Å². The van der Waals surface area contributed by atoms with Crippen LogP contribution in [0.1, 0.15) is 28.8 Å². The minimum Gasteiger partial charge on any atom is -0.294 e. The molecular formula is C13H16O3S. The molecular weight excluding hydrogens is 236 g/mol. The fraction of sp³-hybridized carbons (Fsp3) is 0.462. The lowest BCUT2D eigenvalue weighted by molar-refractivity contribution is 0.0899. The van der Waals surface area contributed by atoms with Crippen LogP contribution < -0.4 is 0 Å². The molecule has 0 amide bonds. The van der Waals surface area contributed by atoms with Gasteiger partial charge in [0.25, 0.3) is 0 Å². The summed E-state index contributed by atoms with van der Waals surface area (Å²) in [4.78, 5) is 12.1. The second-order valence-electron chi connectivity index (χ2n) is 4.68. The van der Waals surface area contributed by atoms with Crippen LogP contribution in [0.2, 0.25) is 0 Å². The lowest BCUT2D eigenvalue weighted by atomic mass is 9.81. The normalized spacial score (nSPS) is 20.1. The van der Waals surface area contributed by atoms with Crippen LogP contribution >= 0.6 is 0 Å². The van der Waals surface area contributed by atoms with Crippen molar-refractivity contribution < 1.29 is 13.2 Å². The van der Waals surface area contributed by atoms with Crippen molar-refractivity contribution in [2.24, 2.45) is 5.92 Å². The zero-order valence-corrected chi connectivity index (χ0v) is 10.7. The first-order valence-electron chi connectivity index (χ1n) is 5.77. The maximum atomic E-state index is 12.1. The van der Waals surface area contributed by atoms with Crippen LogP contribution in [0.4, 0.5) is 0 Å². The molecule has 3 nitrogen and oxygen atoms in total. The fourth-order valence-corrected chi connectivity index (χ4v) is 3.00. The Hall–Kier alpha value is -1.16. The highest BCUT2D eigenvalue weighted by atomic mass is 32.2. The molecule has 0 fully saturated rings. The molecule has 1 aliphatic carbocycles. The number of fused-ring (bicyclic) bond motifs is 1. The number of benzene rings is 1. The van der Waals surface area contributed by atoms with E-state index >= 15 is 0 Å². The van der Waals surface area contributed by atoms with Crippen molar-refractivity contribution in [2.45, 2.75) is 19.3 Å². The number of carbonyl (C=O) groups excluding carboxylic acids is 1. The average molecular weight is 252 g/mol. The number of hydrogen-bond acceptors (Lipinski definition) is 3. The van der Waals surface area contributed by atoms with Crippen molar-refractivity contribution in [3.8, 4) is 0 Å². The van der Waals surface area contributed by atoms with Gasteiger partial charge in [0, 0.05) is 17.7 Å². The van der Waals surface area contributed by atoms with Crippen LogP contribution in [0.25, 0.3) is 0 Å². The van der Waals surface area contributed by atoms with Gasteiger partial charge < -0.3 is 0 Å². The SMILES string of the molecule is CS(=O)(=O)CCC1CCc2ccccc2C1=O. The van der Waals surface area contributed by atoms with Crippen molar-refractivity contribution >= 4 is 15.6 Å². The summed E-state index contributed by atoms with van der Waals surface area (Å²) in [6, 6.07) is 7.60. The Balaban J connectivity index is 2.13. The van der Waals surface area contributed by atoms with E-state index in [-0.39, 0.29) is 17.5 Å². The molecule has 1 aliphatic rings. The van der Waals surface area contributed by atoms with Crippen molar-refractivity contribution in [3.05, 3.63) is 35.4 Å². The Morgan fingerprint density at radius 2 is 2.00 bits per heavy atom. The summed E-state index contributed by atoms with van der Waals surface area (Å²) in [5.74, 6) is 0.0843. The minimum atomic E-state index is -2.98. The summed E-state index contributed by atoms with van der Waals surface area (Å²) in [6.07, 6.45) is 3.31. The zero-order valence-electron chi connectivity index (χ0n) is 9.85. The molecule has 1 aromatic carbocycles. The summed E-state index contributed by atoms with van der Waals surface area (Å²) in [6.45, 7) is 0. The lowest BCUT2D eigenvalue weighted by Gasteiger charge is -2.22. The first-order chi connectivity index (χ1) is 7.97. The predicted molar refractivity (Wildman–Crippen MR) is 66.9 cm³/mol. The average Bonchev–Trinajstić information content (AvgIpc) is 2.27. The molecule has 92 valence electrons. The predicted octanol–water partition coefficient (Wildman–Crippen LogP) is 1.87. The monoisotopic (exact) mass is 252 g/mol. The van der Waals surface area contributed by atoms with Gasteiger partial charge in [-0.05, 0) is 24.8 Å². The van der Waals surface area contributed by atoms with Crippen LogP contribution in [0.5, 0.6) is 0 Å². The minimum absolute atomic E-state index is 0.103. The van der Waals surface area contributed by atoms with Crippen LogP contribution in [0, 0.1) is 5.92 Å². The molecule has 1 unspecified atom stereocenters. The lowest BCUT2D eigenvalue weighted by Crippen LogP contribution is -2.24. The number of rotatable bonds is 3.